The van der Waals surface area contributed by atoms with E-state index in [0.717, 1.165) is 81.0 Å². The van der Waals surface area contributed by atoms with E-state index >= 15 is 0 Å². The standard InChI is InChI=1S/C45H64N4O8S/c1-6-7-8-9-15-18-29-58(54,55)56-28-17-14-12-10-11-13-16-19-42(50)46-26-27-47-44(51)33-20-23-36(39(30-33)45(52)53)43-37-24-21-34(48(2)3)31-40(37)57-41-32-35(49(4)5)22-25-38(41)43/h20-25,30-32,34H,6-19,26-29H2,1-5H3,(H,46,50)(H,47,51)(H,52,53). The lowest BCUT2D eigenvalue weighted by atomic mass is 9.84. The summed E-state index contributed by atoms with van der Waals surface area (Å²) in [5, 5.41) is 16.0. The quantitative estimate of drug-likeness (QED) is 0.0636. The highest BCUT2D eigenvalue weighted by Crippen LogP contribution is 2.45. The number of hydrogen-bond acceptors (Lipinski definition) is 9. The van der Waals surface area contributed by atoms with Crippen LogP contribution in [0.1, 0.15) is 129 Å². The fourth-order valence-corrected chi connectivity index (χ4v) is 8.10. The van der Waals surface area contributed by atoms with Crippen molar-refractivity contribution in [1.82, 2.24) is 15.5 Å². The van der Waals surface area contributed by atoms with Gasteiger partial charge in [-0.3, -0.25) is 18.7 Å². The number of allylic oxidation sites excluding steroid dienone is 1. The van der Waals surface area contributed by atoms with Crippen LogP contribution in [-0.2, 0) is 19.1 Å². The third-order valence-corrected chi connectivity index (χ3v) is 11.8. The predicted octanol–water partition coefficient (Wildman–Crippen LogP) is 7.70. The van der Waals surface area contributed by atoms with Gasteiger partial charge in [0.1, 0.15) is 11.5 Å². The number of likely N-dealkylation sites (N-methyl/N-ethyl adjacent to an activating group) is 1. The monoisotopic (exact) mass is 820 g/mol. The molecule has 0 radical (unpaired) electrons. The minimum atomic E-state index is -3.43. The van der Waals surface area contributed by atoms with E-state index in [1.165, 1.54) is 18.9 Å². The van der Waals surface area contributed by atoms with Crippen LogP contribution >= 0.6 is 0 Å². The first-order chi connectivity index (χ1) is 27.8. The maximum Gasteiger partial charge on any atom is 0.336 e. The molecule has 2 aromatic rings. The van der Waals surface area contributed by atoms with E-state index in [-0.39, 0.29) is 48.5 Å². The molecule has 0 fully saturated rings. The van der Waals surface area contributed by atoms with E-state index in [4.69, 9.17) is 8.92 Å². The number of hydrogen-bond donors (Lipinski definition) is 3. The summed E-state index contributed by atoms with van der Waals surface area (Å²) in [5.74, 6) is -0.312. The molecule has 0 saturated heterocycles. The highest BCUT2D eigenvalue weighted by molar-refractivity contribution is 7.86. The number of unbranched alkanes of at least 4 members (excludes halogenated alkanes) is 11. The zero-order valence-electron chi connectivity index (χ0n) is 35.1. The van der Waals surface area contributed by atoms with Crippen LogP contribution in [0.5, 0.6) is 5.75 Å². The molecule has 4 rings (SSSR count). The Hall–Kier alpha value is -4.46. The Labute approximate surface area is 345 Å². The number of carbonyl (C=O) groups is 3. The molecule has 0 bridgehead atoms. The van der Waals surface area contributed by atoms with Crippen LogP contribution in [0.15, 0.2) is 66.0 Å². The van der Waals surface area contributed by atoms with Crippen LogP contribution < -0.4 is 20.3 Å². The van der Waals surface area contributed by atoms with Gasteiger partial charge in [-0.1, -0.05) is 89.4 Å². The molecule has 1 aliphatic carbocycles. The number of rotatable bonds is 26. The molecule has 0 spiro atoms. The lowest BCUT2D eigenvalue weighted by Crippen LogP contribution is -2.34. The van der Waals surface area contributed by atoms with Gasteiger partial charge in [0.2, 0.25) is 5.91 Å². The Kier molecular flexibility index (Phi) is 18.5. The van der Waals surface area contributed by atoms with Gasteiger partial charge in [0.15, 0.2) is 0 Å². The van der Waals surface area contributed by atoms with Gasteiger partial charge >= 0.3 is 5.97 Å². The molecule has 58 heavy (non-hydrogen) atoms. The van der Waals surface area contributed by atoms with Crippen molar-refractivity contribution in [3.05, 3.63) is 88.2 Å². The molecule has 1 atom stereocenters. The summed E-state index contributed by atoms with van der Waals surface area (Å²) in [6.07, 6.45) is 18.9. The first-order valence-electron chi connectivity index (χ1n) is 20.9. The molecule has 1 unspecified atom stereocenters. The Bertz CT molecular complexity index is 1920. The van der Waals surface area contributed by atoms with Crippen LogP contribution in [0.2, 0.25) is 0 Å². The molecule has 2 amide bonds. The van der Waals surface area contributed by atoms with Crippen molar-refractivity contribution < 1.29 is 36.8 Å². The second kappa shape index (κ2) is 23.2. The third kappa shape index (κ3) is 14.1. The van der Waals surface area contributed by atoms with Crippen molar-refractivity contribution in [3.8, 4) is 5.75 Å². The first kappa shape index (κ1) is 46.2. The molecule has 1 heterocycles. The number of carbonyl (C=O) groups excluding carboxylic acids is 2. The third-order valence-electron chi connectivity index (χ3n) is 10.5. The molecule has 0 saturated carbocycles. The lowest BCUT2D eigenvalue weighted by Gasteiger charge is -2.31. The van der Waals surface area contributed by atoms with Gasteiger partial charge in [-0.15, -0.1) is 0 Å². The average Bonchev–Trinajstić information content (AvgIpc) is 3.19. The minimum absolute atomic E-state index is 0.00253. The highest BCUT2D eigenvalue weighted by Gasteiger charge is 2.30. The molecule has 2 aliphatic rings. The van der Waals surface area contributed by atoms with Crippen LogP contribution in [0.25, 0.3) is 5.57 Å². The molecule has 2 aromatic carbocycles. The Balaban J connectivity index is 1.19. The van der Waals surface area contributed by atoms with Crippen molar-refractivity contribution in [3.63, 3.8) is 0 Å². The zero-order valence-corrected chi connectivity index (χ0v) is 35.9. The van der Waals surface area contributed by atoms with Gasteiger partial charge < -0.3 is 25.4 Å². The number of aromatic carboxylic acids is 1. The van der Waals surface area contributed by atoms with Gasteiger partial charge in [-0.25, -0.2) is 4.79 Å². The van der Waals surface area contributed by atoms with Crippen molar-refractivity contribution in [2.75, 3.05) is 58.5 Å². The molecule has 1 aliphatic heterocycles. The van der Waals surface area contributed by atoms with Gasteiger partial charge in [0.05, 0.1) is 17.9 Å². The number of ether oxygens (including phenoxy) is 1. The Morgan fingerprint density at radius 1 is 0.810 bits per heavy atom. The normalized spacial score (nSPS) is 14.7. The second-order valence-corrected chi connectivity index (χ2v) is 17.3. The van der Waals surface area contributed by atoms with Crippen LogP contribution in [0.3, 0.4) is 0 Å². The predicted molar refractivity (Wildman–Crippen MR) is 231 cm³/mol. The van der Waals surface area contributed by atoms with Gasteiger partial charge in [0.25, 0.3) is 16.0 Å². The van der Waals surface area contributed by atoms with Crippen LogP contribution in [-0.4, -0.2) is 95.9 Å². The smallest absolute Gasteiger partial charge is 0.336 e. The van der Waals surface area contributed by atoms with Crippen molar-refractivity contribution in [2.45, 2.75) is 103 Å². The first-order valence-corrected chi connectivity index (χ1v) is 22.5. The van der Waals surface area contributed by atoms with E-state index in [0.29, 0.717) is 35.5 Å². The molecule has 13 heteroatoms. The molecule has 12 nitrogen and oxygen atoms in total. The van der Waals surface area contributed by atoms with Crippen molar-refractivity contribution in [2.24, 2.45) is 0 Å². The Morgan fingerprint density at radius 2 is 1.47 bits per heavy atom. The summed E-state index contributed by atoms with van der Waals surface area (Å²) in [6.45, 7) is 2.85. The molecule has 318 valence electrons. The molecule has 3 N–H and O–H groups in total. The van der Waals surface area contributed by atoms with Crippen molar-refractivity contribution >= 4 is 39.2 Å². The number of fused-ring (bicyclic) bond motifs is 2. The molecule has 0 aromatic heterocycles. The van der Waals surface area contributed by atoms with Crippen LogP contribution in [0, 0.1) is 0 Å². The Morgan fingerprint density at radius 3 is 2.16 bits per heavy atom. The molecular weight excluding hydrogens is 757 g/mol. The maximum absolute atomic E-state index is 13.1. The second-order valence-electron chi connectivity index (χ2n) is 15.6. The van der Waals surface area contributed by atoms with Crippen molar-refractivity contribution in [1.29, 1.82) is 0 Å². The van der Waals surface area contributed by atoms with Gasteiger partial charge in [-0.05, 0) is 69.3 Å². The van der Waals surface area contributed by atoms with E-state index in [1.54, 1.807) is 12.1 Å². The average molecular weight is 821 g/mol. The number of carboxylic acids is 1. The van der Waals surface area contributed by atoms with E-state index in [1.807, 2.05) is 69.5 Å². The zero-order chi connectivity index (χ0) is 42.1. The largest absolute Gasteiger partial charge is 0.478 e. The number of nitrogens with one attached hydrogen (secondary N) is 2. The summed E-state index contributed by atoms with van der Waals surface area (Å²) >= 11 is 0. The lowest BCUT2D eigenvalue weighted by molar-refractivity contribution is -0.121. The number of benzene rings is 2. The van der Waals surface area contributed by atoms with E-state index in [9.17, 15) is 27.9 Å². The summed E-state index contributed by atoms with van der Waals surface area (Å²) in [5.41, 5.74) is 3.86. The molecular formula is C45H64N4O8S. The van der Waals surface area contributed by atoms with Crippen LogP contribution in [0.4, 0.5) is 5.69 Å². The fourth-order valence-electron chi connectivity index (χ4n) is 7.05. The summed E-state index contributed by atoms with van der Waals surface area (Å²) < 4.78 is 35.6. The minimum Gasteiger partial charge on any atom is -0.478 e. The van der Waals surface area contributed by atoms with E-state index in [2.05, 4.69) is 22.5 Å². The number of anilines is 1. The number of carboxylic acid groups (broad SMARTS) is 1. The number of amides is 2. The van der Waals surface area contributed by atoms with E-state index < -0.39 is 22.0 Å². The maximum atomic E-state index is 13.1. The summed E-state index contributed by atoms with van der Waals surface area (Å²) in [4.78, 5) is 42.3. The van der Waals surface area contributed by atoms with Gasteiger partial charge in [-0.2, -0.15) is 8.42 Å². The highest BCUT2D eigenvalue weighted by atomic mass is 32.2. The number of nitrogens with zero attached hydrogens (tertiary/aromatic N) is 2. The SMILES string of the molecule is CCCCCCCCS(=O)(=O)OCCCCCCCCCC(=O)NCCNC(=O)c1ccc(C2=C3C=CC(N(C)C)C=C3Oc3cc(N(C)C)ccc32)c(C(=O)O)c1. The topological polar surface area (TPSA) is 155 Å². The summed E-state index contributed by atoms with van der Waals surface area (Å²) in [6, 6.07) is 10.6. The fraction of sp³-hybridized carbons (Fsp3) is 0.533. The summed E-state index contributed by atoms with van der Waals surface area (Å²) in [7, 11) is 4.42. The van der Waals surface area contributed by atoms with Gasteiger partial charge in [0, 0.05) is 73.7 Å².